The molecule has 26 heavy (non-hydrogen) atoms. The molecular formula is C20H32O6. The van der Waals surface area contributed by atoms with E-state index in [-0.39, 0.29) is 32.5 Å². The number of benzene rings is 1. The lowest BCUT2D eigenvalue weighted by Crippen LogP contribution is -2.33. The van der Waals surface area contributed by atoms with E-state index < -0.39 is 12.2 Å². The Labute approximate surface area is 155 Å². The molecule has 0 aliphatic heterocycles. The first-order valence-electron chi connectivity index (χ1n) is 9.37. The van der Waals surface area contributed by atoms with Gasteiger partial charge in [0.1, 0.15) is 24.6 Å². The van der Waals surface area contributed by atoms with E-state index in [9.17, 15) is 10.2 Å². The molecule has 1 saturated carbocycles. The minimum absolute atomic E-state index is 0.0526. The monoisotopic (exact) mass is 368 g/mol. The lowest BCUT2D eigenvalue weighted by molar-refractivity contribution is -0.0611. The molecule has 0 amide bonds. The molecule has 1 aromatic rings. The Bertz CT molecular complexity index is 549. The number of ether oxygens (including phenoxy) is 2. The van der Waals surface area contributed by atoms with Gasteiger partial charge in [0.25, 0.3) is 0 Å². The highest BCUT2D eigenvalue weighted by Crippen LogP contribution is 2.38. The summed E-state index contributed by atoms with van der Waals surface area (Å²) in [6.07, 6.45) is 1.30. The summed E-state index contributed by atoms with van der Waals surface area (Å²) in [6.45, 7) is 3.72. The van der Waals surface area contributed by atoms with E-state index in [1.54, 1.807) is 0 Å². The van der Waals surface area contributed by atoms with Crippen molar-refractivity contribution in [1.82, 2.24) is 0 Å². The lowest BCUT2D eigenvalue weighted by Gasteiger charge is -2.35. The SMILES string of the molecule is Cc1ccc(C2CCC(C)C(OCC(O)CO)C2)cc1OCC(O)CO. The van der Waals surface area contributed by atoms with Crippen molar-refractivity contribution in [2.24, 2.45) is 5.92 Å². The fourth-order valence-electron chi connectivity index (χ4n) is 3.37. The summed E-state index contributed by atoms with van der Waals surface area (Å²) in [5, 5.41) is 36.9. The molecule has 6 nitrogen and oxygen atoms in total. The summed E-state index contributed by atoms with van der Waals surface area (Å²) in [5.41, 5.74) is 2.16. The van der Waals surface area contributed by atoms with Gasteiger partial charge in [0, 0.05) is 0 Å². The second-order valence-corrected chi connectivity index (χ2v) is 7.37. The van der Waals surface area contributed by atoms with E-state index >= 15 is 0 Å². The third kappa shape index (κ3) is 5.93. The molecule has 0 aromatic heterocycles. The first kappa shape index (κ1) is 21.1. The van der Waals surface area contributed by atoms with Crippen LogP contribution in [-0.4, -0.2) is 65.2 Å². The first-order valence-corrected chi connectivity index (χ1v) is 9.37. The Morgan fingerprint density at radius 2 is 1.77 bits per heavy atom. The quantitative estimate of drug-likeness (QED) is 0.525. The van der Waals surface area contributed by atoms with Crippen LogP contribution in [0.3, 0.4) is 0 Å². The van der Waals surface area contributed by atoms with Gasteiger partial charge in [-0.3, -0.25) is 0 Å². The topological polar surface area (TPSA) is 99.4 Å². The molecule has 1 aliphatic rings. The maximum atomic E-state index is 9.52. The minimum Gasteiger partial charge on any atom is -0.491 e. The molecule has 0 saturated heterocycles. The predicted molar refractivity (Wildman–Crippen MR) is 98.4 cm³/mol. The van der Waals surface area contributed by atoms with Gasteiger partial charge >= 0.3 is 0 Å². The van der Waals surface area contributed by atoms with Crippen molar-refractivity contribution in [3.05, 3.63) is 29.3 Å². The van der Waals surface area contributed by atoms with E-state index in [1.165, 1.54) is 5.56 Å². The van der Waals surface area contributed by atoms with Crippen LogP contribution in [0.25, 0.3) is 0 Å². The highest BCUT2D eigenvalue weighted by Gasteiger charge is 2.30. The zero-order valence-electron chi connectivity index (χ0n) is 15.7. The van der Waals surface area contributed by atoms with Gasteiger partial charge in [-0.2, -0.15) is 0 Å². The highest BCUT2D eigenvalue weighted by molar-refractivity contribution is 5.38. The molecule has 5 atom stereocenters. The van der Waals surface area contributed by atoms with Crippen molar-refractivity contribution in [3.63, 3.8) is 0 Å². The number of hydrogen-bond acceptors (Lipinski definition) is 6. The van der Waals surface area contributed by atoms with Gasteiger partial charge < -0.3 is 29.9 Å². The van der Waals surface area contributed by atoms with Crippen molar-refractivity contribution in [1.29, 1.82) is 0 Å². The smallest absolute Gasteiger partial charge is 0.122 e. The zero-order valence-corrected chi connectivity index (χ0v) is 15.7. The second kappa shape index (κ2) is 10.2. The van der Waals surface area contributed by atoms with Crippen LogP contribution in [-0.2, 0) is 4.74 Å². The molecule has 1 aliphatic carbocycles. The second-order valence-electron chi connectivity index (χ2n) is 7.37. The molecule has 0 heterocycles. The van der Waals surface area contributed by atoms with Crippen LogP contribution in [0.4, 0.5) is 0 Å². The van der Waals surface area contributed by atoms with Crippen LogP contribution < -0.4 is 4.74 Å². The largest absolute Gasteiger partial charge is 0.491 e. The maximum absolute atomic E-state index is 9.52. The van der Waals surface area contributed by atoms with E-state index in [4.69, 9.17) is 19.7 Å². The standard InChI is InChI=1S/C20H32O6/c1-13-3-5-15(7-19(13)25-11-17(23)9-21)16-6-4-14(2)20(8-16)26-12-18(24)10-22/h3,5,7,14,16-18,20-24H,4,6,8-12H2,1-2H3. The molecule has 6 heteroatoms. The van der Waals surface area contributed by atoms with Crippen LogP contribution in [0, 0.1) is 12.8 Å². The Balaban J connectivity index is 2.02. The summed E-state index contributed by atoms with van der Waals surface area (Å²) in [7, 11) is 0. The molecule has 5 unspecified atom stereocenters. The van der Waals surface area contributed by atoms with Crippen molar-refractivity contribution in [3.8, 4) is 5.75 Å². The van der Waals surface area contributed by atoms with E-state index in [2.05, 4.69) is 13.0 Å². The Morgan fingerprint density at radius 3 is 2.46 bits per heavy atom. The fourth-order valence-corrected chi connectivity index (χ4v) is 3.37. The molecule has 1 aromatic carbocycles. The average Bonchev–Trinajstić information content (AvgIpc) is 2.66. The van der Waals surface area contributed by atoms with Crippen LogP contribution in [0.2, 0.25) is 0 Å². The van der Waals surface area contributed by atoms with Crippen LogP contribution >= 0.6 is 0 Å². The van der Waals surface area contributed by atoms with Gasteiger partial charge in [0.05, 0.1) is 25.9 Å². The van der Waals surface area contributed by atoms with Gasteiger partial charge in [0.2, 0.25) is 0 Å². The third-order valence-electron chi connectivity index (χ3n) is 5.16. The van der Waals surface area contributed by atoms with Crippen molar-refractivity contribution in [2.45, 2.75) is 57.3 Å². The number of rotatable bonds is 9. The molecule has 0 radical (unpaired) electrons. The van der Waals surface area contributed by atoms with E-state index in [1.807, 2.05) is 19.1 Å². The van der Waals surface area contributed by atoms with E-state index in [0.29, 0.717) is 11.8 Å². The molecule has 0 bridgehead atoms. The number of hydrogen-bond donors (Lipinski definition) is 4. The summed E-state index contributed by atoms with van der Waals surface area (Å²) >= 11 is 0. The van der Waals surface area contributed by atoms with Crippen LogP contribution in [0.1, 0.15) is 43.2 Å². The van der Waals surface area contributed by atoms with Gasteiger partial charge in [-0.05, 0) is 55.2 Å². The predicted octanol–water partition coefficient (Wildman–Crippen LogP) is 1.37. The van der Waals surface area contributed by atoms with Gasteiger partial charge in [-0.15, -0.1) is 0 Å². The third-order valence-corrected chi connectivity index (χ3v) is 5.16. The molecular weight excluding hydrogens is 336 g/mol. The lowest BCUT2D eigenvalue weighted by atomic mass is 9.77. The van der Waals surface area contributed by atoms with Gasteiger partial charge in [-0.1, -0.05) is 19.1 Å². The summed E-state index contributed by atoms with van der Waals surface area (Å²) in [5.74, 6) is 1.48. The van der Waals surface area contributed by atoms with Crippen molar-refractivity contribution < 1.29 is 29.9 Å². The average molecular weight is 368 g/mol. The minimum atomic E-state index is -0.885. The molecule has 148 valence electrons. The van der Waals surface area contributed by atoms with Crippen molar-refractivity contribution >= 4 is 0 Å². The van der Waals surface area contributed by atoms with Crippen LogP contribution in [0.15, 0.2) is 18.2 Å². The van der Waals surface area contributed by atoms with Crippen LogP contribution in [0.5, 0.6) is 5.75 Å². The van der Waals surface area contributed by atoms with Gasteiger partial charge in [-0.25, -0.2) is 0 Å². The fraction of sp³-hybridized carbons (Fsp3) is 0.700. The number of aliphatic hydroxyl groups excluding tert-OH is 4. The number of aryl methyl sites for hydroxylation is 1. The highest BCUT2D eigenvalue weighted by atomic mass is 16.5. The van der Waals surface area contributed by atoms with Crippen molar-refractivity contribution in [2.75, 3.05) is 26.4 Å². The number of aliphatic hydroxyl groups is 4. The maximum Gasteiger partial charge on any atom is 0.122 e. The molecule has 2 rings (SSSR count). The molecule has 0 spiro atoms. The summed E-state index contributed by atoms with van der Waals surface area (Å²) in [4.78, 5) is 0. The molecule has 4 N–H and O–H groups in total. The Kier molecular flexibility index (Phi) is 8.31. The summed E-state index contributed by atoms with van der Waals surface area (Å²) < 4.78 is 11.5. The first-order chi connectivity index (χ1) is 12.4. The normalized spacial score (nSPS) is 25.7. The van der Waals surface area contributed by atoms with Gasteiger partial charge in [0.15, 0.2) is 0 Å². The Morgan fingerprint density at radius 1 is 1.08 bits per heavy atom. The molecule has 1 fully saturated rings. The zero-order chi connectivity index (χ0) is 19.1. The van der Waals surface area contributed by atoms with E-state index in [0.717, 1.165) is 30.6 Å². The Hall–Kier alpha value is -1.18. The summed E-state index contributed by atoms with van der Waals surface area (Å²) in [6, 6.07) is 6.13.